The van der Waals surface area contributed by atoms with Gasteiger partial charge in [-0.3, -0.25) is 4.98 Å². The Balaban J connectivity index is 1.90. The number of aromatic nitrogens is 1. The minimum atomic E-state index is -0.0133. The molecule has 0 spiro atoms. The van der Waals surface area contributed by atoms with Gasteiger partial charge in [-0.05, 0) is 24.3 Å². The summed E-state index contributed by atoms with van der Waals surface area (Å²) in [6.45, 7) is 0.258. The van der Waals surface area contributed by atoms with Gasteiger partial charge in [-0.2, -0.15) is 0 Å². The summed E-state index contributed by atoms with van der Waals surface area (Å²) in [6, 6.07) is 9.04. The van der Waals surface area contributed by atoms with E-state index in [1.807, 2.05) is 6.07 Å². The summed E-state index contributed by atoms with van der Waals surface area (Å²) >= 11 is 7.33. The van der Waals surface area contributed by atoms with Gasteiger partial charge in [0.05, 0.1) is 17.5 Å². The fraction of sp³-hybridized carbons (Fsp3) is 0.133. The second-order valence-electron chi connectivity index (χ2n) is 4.24. The average Bonchev–Trinajstić information content (AvgIpc) is 2.91. The highest BCUT2D eigenvalue weighted by Crippen LogP contribution is 2.38. The van der Waals surface area contributed by atoms with Crippen LogP contribution in [0.25, 0.3) is 10.1 Å². The van der Waals surface area contributed by atoms with Crippen molar-refractivity contribution in [1.82, 2.24) is 4.98 Å². The summed E-state index contributed by atoms with van der Waals surface area (Å²) in [4.78, 5) is 4.17. The number of rotatable bonds is 5. The number of aliphatic hydroxyl groups is 1. The standard InChI is InChI=1S/C15H12ClNO3S/c16-10-1-3-11(4-2-10)20-13-8-17-9-14-12(13)7-15(21-14)19-6-5-18/h1-4,7-9,18H,5-6H2. The first-order valence-electron chi connectivity index (χ1n) is 6.31. The van der Waals surface area contributed by atoms with Gasteiger partial charge in [0.25, 0.3) is 0 Å². The van der Waals surface area contributed by atoms with Crippen LogP contribution in [0.4, 0.5) is 0 Å². The van der Waals surface area contributed by atoms with Gasteiger partial charge in [0.2, 0.25) is 0 Å². The summed E-state index contributed by atoms with van der Waals surface area (Å²) < 4.78 is 12.2. The number of benzene rings is 1. The van der Waals surface area contributed by atoms with Crippen molar-refractivity contribution >= 4 is 33.0 Å². The van der Waals surface area contributed by atoms with Crippen molar-refractivity contribution < 1.29 is 14.6 Å². The maximum absolute atomic E-state index is 8.81. The van der Waals surface area contributed by atoms with Gasteiger partial charge in [0.1, 0.15) is 12.4 Å². The van der Waals surface area contributed by atoms with Crippen LogP contribution < -0.4 is 9.47 Å². The number of nitrogens with zero attached hydrogens (tertiary/aromatic N) is 1. The molecule has 0 aliphatic rings. The van der Waals surface area contributed by atoms with E-state index in [0.29, 0.717) is 16.5 Å². The Morgan fingerprint density at radius 3 is 2.76 bits per heavy atom. The zero-order chi connectivity index (χ0) is 14.7. The normalized spacial score (nSPS) is 10.8. The minimum Gasteiger partial charge on any atom is -0.482 e. The molecule has 1 aromatic carbocycles. The maximum Gasteiger partial charge on any atom is 0.175 e. The van der Waals surface area contributed by atoms with Gasteiger partial charge in [0.15, 0.2) is 10.8 Å². The third-order valence-electron chi connectivity index (χ3n) is 2.76. The molecule has 2 aromatic heterocycles. The van der Waals surface area contributed by atoms with E-state index in [-0.39, 0.29) is 13.2 Å². The van der Waals surface area contributed by atoms with Crippen LogP contribution in [0.5, 0.6) is 16.6 Å². The fourth-order valence-electron chi connectivity index (χ4n) is 1.84. The van der Waals surface area contributed by atoms with Crippen molar-refractivity contribution in [3.05, 3.63) is 47.7 Å². The molecule has 0 aliphatic carbocycles. The highest BCUT2D eigenvalue weighted by atomic mass is 35.5. The molecule has 3 aromatic rings. The van der Waals surface area contributed by atoms with Crippen LogP contribution in [0.3, 0.4) is 0 Å². The Morgan fingerprint density at radius 1 is 1.19 bits per heavy atom. The summed E-state index contributed by atoms with van der Waals surface area (Å²) in [5.74, 6) is 1.35. The Hall–Kier alpha value is -1.82. The molecule has 0 aliphatic heterocycles. The lowest BCUT2D eigenvalue weighted by Crippen LogP contribution is -1.99. The van der Waals surface area contributed by atoms with E-state index in [9.17, 15) is 0 Å². The van der Waals surface area contributed by atoms with E-state index in [1.165, 1.54) is 11.3 Å². The molecule has 2 heterocycles. The highest BCUT2D eigenvalue weighted by molar-refractivity contribution is 7.20. The molecule has 4 nitrogen and oxygen atoms in total. The molecule has 0 saturated carbocycles. The largest absolute Gasteiger partial charge is 0.482 e. The molecule has 0 radical (unpaired) electrons. The third kappa shape index (κ3) is 3.26. The van der Waals surface area contributed by atoms with E-state index < -0.39 is 0 Å². The number of hydrogen-bond donors (Lipinski definition) is 1. The molecule has 0 unspecified atom stereocenters. The third-order valence-corrected chi connectivity index (χ3v) is 4.00. The molecule has 3 rings (SSSR count). The molecule has 0 fully saturated rings. The summed E-state index contributed by atoms with van der Waals surface area (Å²) in [6.07, 6.45) is 3.43. The average molecular weight is 322 g/mol. The van der Waals surface area contributed by atoms with Crippen LogP contribution in [0.15, 0.2) is 42.7 Å². The molecule has 0 saturated heterocycles. The molecular weight excluding hydrogens is 310 g/mol. The topological polar surface area (TPSA) is 51.6 Å². The quantitative estimate of drug-likeness (QED) is 0.768. The van der Waals surface area contributed by atoms with E-state index >= 15 is 0 Å². The second kappa shape index (κ2) is 6.30. The lowest BCUT2D eigenvalue weighted by atomic mass is 10.3. The number of thiophene rings is 1. The van der Waals surface area contributed by atoms with Gasteiger partial charge < -0.3 is 14.6 Å². The first-order valence-corrected chi connectivity index (χ1v) is 7.50. The van der Waals surface area contributed by atoms with Crippen LogP contribution >= 0.6 is 22.9 Å². The highest BCUT2D eigenvalue weighted by Gasteiger charge is 2.09. The van der Waals surface area contributed by atoms with Gasteiger partial charge in [-0.25, -0.2) is 0 Å². The van der Waals surface area contributed by atoms with Gasteiger partial charge in [-0.1, -0.05) is 22.9 Å². The number of fused-ring (bicyclic) bond motifs is 1. The summed E-state index contributed by atoms with van der Waals surface area (Å²) in [7, 11) is 0. The van der Waals surface area contributed by atoms with E-state index in [2.05, 4.69) is 4.98 Å². The molecule has 0 amide bonds. The monoisotopic (exact) mass is 321 g/mol. The van der Waals surface area contributed by atoms with Crippen molar-refractivity contribution in [1.29, 1.82) is 0 Å². The van der Waals surface area contributed by atoms with Crippen LogP contribution in [0, 0.1) is 0 Å². The summed E-state index contributed by atoms with van der Waals surface area (Å²) in [5.41, 5.74) is 0. The summed E-state index contributed by atoms with van der Waals surface area (Å²) in [5, 5.41) is 11.1. The number of hydrogen-bond acceptors (Lipinski definition) is 5. The SMILES string of the molecule is OCCOc1cc2c(Oc3ccc(Cl)cc3)cncc2s1. The van der Waals surface area contributed by atoms with Gasteiger partial charge >= 0.3 is 0 Å². The number of aliphatic hydroxyl groups excluding tert-OH is 1. The molecule has 21 heavy (non-hydrogen) atoms. The van der Waals surface area contributed by atoms with Crippen LogP contribution in [-0.2, 0) is 0 Å². The first-order chi connectivity index (χ1) is 10.3. The predicted molar refractivity (Wildman–Crippen MR) is 83.7 cm³/mol. The van der Waals surface area contributed by atoms with Crippen molar-refractivity contribution in [2.24, 2.45) is 0 Å². The smallest absolute Gasteiger partial charge is 0.175 e. The van der Waals surface area contributed by atoms with E-state index in [0.717, 1.165) is 15.1 Å². The molecule has 6 heteroatoms. The van der Waals surface area contributed by atoms with Gasteiger partial charge in [0, 0.05) is 22.7 Å². The Bertz CT molecular complexity index is 742. The van der Waals surface area contributed by atoms with Crippen molar-refractivity contribution in [3.63, 3.8) is 0 Å². The van der Waals surface area contributed by atoms with Gasteiger partial charge in [-0.15, -0.1) is 0 Å². The first kappa shape index (κ1) is 14.1. The zero-order valence-corrected chi connectivity index (χ0v) is 12.5. The number of pyridine rings is 1. The lowest BCUT2D eigenvalue weighted by molar-refractivity contribution is 0.205. The molecule has 0 atom stereocenters. The molecular formula is C15H12ClNO3S. The maximum atomic E-state index is 8.81. The second-order valence-corrected chi connectivity index (χ2v) is 5.73. The molecule has 0 bridgehead atoms. The van der Waals surface area contributed by atoms with Crippen molar-refractivity contribution in [2.75, 3.05) is 13.2 Å². The minimum absolute atomic E-state index is 0.0133. The van der Waals surface area contributed by atoms with Crippen LogP contribution in [0.1, 0.15) is 0 Å². The number of ether oxygens (including phenoxy) is 2. The van der Waals surface area contributed by atoms with Crippen LogP contribution in [-0.4, -0.2) is 23.3 Å². The lowest BCUT2D eigenvalue weighted by Gasteiger charge is -2.06. The Morgan fingerprint density at radius 2 is 2.00 bits per heavy atom. The molecule has 1 N–H and O–H groups in total. The fourth-order valence-corrected chi connectivity index (χ4v) is 2.89. The number of halogens is 1. The van der Waals surface area contributed by atoms with Crippen LogP contribution in [0.2, 0.25) is 5.02 Å². The predicted octanol–water partition coefficient (Wildman–Crippen LogP) is 4.11. The van der Waals surface area contributed by atoms with E-state index in [4.69, 9.17) is 26.2 Å². The van der Waals surface area contributed by atoms with E-state index in [1.54, 1.807) is 36.7 Å². The Kier molecular flexibility index (Phi) is 4.24. The zero-order valence-electron chi connectivity index (χ0n) is 11.0. The Labute approximate surface area is 130 Å². The molecule has 108 valence electrons. The van der Waals surface area contributed by atoms with Crippen molar-refractivity contribution in [2.45, 2.75) is 0 Å². The van der Waals surface area contributed by atoms with Crippen molar-refractivity contribution in [3.8, 4) is 16.6 Å².